The first-order valence-electron chi connectivity index (χ1n) is 8.93. The fraction of sp³-hybridized carbons (Fsp3) is 0.700. The van der Waals surface area contributed by atoms with Gasteiger partial charge >= 0.3 is 0 Å². The van der Waals surface area contributed by atoms with E-state index in [9.17, 15) is 10.2 Å². The molecule has 0 heterocycles. The minimum atomic E-state index is 0.304. The maximum Gasteiger partial charge on any atom is 0.122 e. The molecule has 0 bridgehead atoms. The molecule has 2 aliphatic carbocycles. The molecule has 0 atom stereocenters. The molecule has 3 rings (SSSR count). The van der Waals surface area contributed by atoms with Crippen LogP contribution in [-0.4, -0.2) is 10.2 Å². The van der Waals surface area contributed by atoms with E-state index in [0.717, 1.165) is 36.8 Å². The fourth-order valence-electron chi connectivity index (χ4n) is 3.46. The fourth-order valence-corrected chi connectivity index (χ4v) is 3.46. The second-order valence-corrected chi connectivity index (χ2v) is 8.44. The number of hydrogen-bond donors (Lipinski definition) is 2. The minimum absolute atomic E-state index is 0.304. The van der Waals surface area contributed by atoms with Gasteiger partial charge in [0.05, 0.1) is 0 Å². The van der Waals surface area contributed by atoms with Gasteiger partial charge in [-0.2, -0.15) is 0 Å². The summed E-state index contributed by atoms with van der Waals surface area (Å²) in [4.78, 5) is 0. The molecule has 22 heavy (non-hydrogen) atoms. The van der Waals surface area contributed by atoms with Crippen molar-refractivity contribution in [3.63, 3.8) is 0 Å². The summed E-state index contributed by atoms with van der Waals surface area (Å²) in [6.07, 6.45) is 11.8. The molecule has 2 aliphatic rings. The molecule has 0 saturated heterocycles. The largest absolute Gasteiger partial charge is 0.508 e. The third-order valence-corrected chi connectivity index (χ3v) is 5.91. The van der Waals surface area contributed by atoms with Gasteiger partial charge in [0, 0.05) is 0 Å². The molecule has 0 amide bonds. The van der Waals surface area contributed by atoms with E-state index in [2.05, 4.69) is 13.8 Å². The Balaban J connectivity index is 1.57. The van der Waals surface area contributed by atoms with Crippen molar-refractivity contribution in [2.24, 2.45) is 10.8 Å². The molecule has 1 aromatic rings. The molecular formula is C20H30O2. The quantitative estimate of drug-likeness (QED) is 0.636. The Labute approximate surface area is 134 Å². The van der Waals surface area contributed by atoms with Gasteiger partial charge < -0.3 is 10.2 Å². The number of hydrogen-bond acceptors (Lipinski definition) is 2. The predicted octanol–water partition coefficient (Wildman–Crippen LogP) is 5.34. The predicted molar refractivity (Wildman–Crippen MR) is 90.3 cm³/mol. The van der Waals surface area contributed by atoms with Gasteiger partial charge in [-0.05, 0) is 98.3 Å². The zero-order valence-corrected chi connectivity index (χ0v) is 14.1. The molecule has 0 spiro atoms. The highest BCUT2D eigenvalue weighted by atomic mass is 16.3. The van der Waals surface area contributed by atoms with E-state index in [1.54, 1.807) is 12.1 Å². The van der Waals surface area contributed by atoms with Crippen LogP contribution < -0.4 is 0 Å². The third-order valence-electron chi connectivity index (χ3n) is 5.91. The van der Waals surface area contributed by atoms with Crippen molar-refractivity contribution in [1.82, 2.24) is 0 Å². The second-order valence-electron chi connectivity index (χ2n) is 8.44. The normalized spacial score (nSPS) is 20.8. The van der Waals surface area contributed by atoms with E-state index in [1.807, 2.05) is 0 Å². The van der Waals surface area contributed by atoms with Crippen LogP contribution in [0.15, 0.2) is 12.1 Å². The molecule has 0 radical (unpaired) electrons. The van der Waals surface area contributed by atoms with Crippen LogP contribution in [0, 0.1) is 10.8 Å². The highest BCUT2D eigenvalue weighted by Crippen LogP contribution is 2.50. The lowest BCUT2D eigenvalue weighted by Gasteiger charge is -2.13. The van der Waals surface area contributed by atoms with Crippen LogP contribution >= 0.6 is 0 Å². The number of phenolic OH excluding ortho intramolecular Hbond substituents is 2. The summed E-state index contributed by atoms with van der Waals surface area (Å²) in [5.41, 5.74) is 2.98. The zero-order chi connectivity index (χ0) is 15.8. The molecular weight excluding hydrogens is 272 g/mol. The molecule has 1 aromatic carbocycles. The summed E-state index contributed by atoms with van der Waals surface area (Å²) in [5.74, 6) is 0.734. The van der Waals surface area contributed by atoms with Crippen LogP contribution in [-0.2, 0) is 12.8 Å². The van der Waals surface area contributed by atoms with Gasteiger partial charge in [-0.1, -0.05) is 13.8 Å². The van der Waals surface area contributed by atoms with Crippen LogP contribution in [0.25, 0.3) is 0 Å². The first kappa shape index (κ1) is 15.7. The molecule has 0 aromatic heterocycles. The Morgan fingerprint density at radius 2 is 1.23 bits per heavy atom. The number of aryl methyl sites for hydroxylation is 2. The minimum Gasteiger partial charge on any atom is -0.508 e. The van der Waals surface area contributed by atoms with Gasteiger partial charge in [0.2, 0.25) is 0 Å². The van der Waals surface area contributed by atoms with E-state index in [4.69, 9.17) is 0 Å². The van der Waals surface area contributed by atoms with E-state index >= 15 is 0 Å². The second kappa shape index (κ2) is 5.79. The van der Waals surface area contributed by atoms with E-state index in [-0.39, 0.29) is 0 Å². The number of benzene rings is 1. The van der Waals surface area contributed by atoms with Gasteiger partial charge in [-0.3, -0.25) is 0 Å². The standard InChI is InChI=1S/C20H30O2/c1-19(9-10-19)7-3-5-15-13-17(21)14-16(18(15)22)6-4-8-20(2)11-12-20/h13-14,21-22H,3-12H2,1-2H3. The van der Waals surface area contributed by atoms with Crippen LogP contribution in [0.1, 0.15) is 76.3 Å². The smallest absolute Gasteiger partial charge is 0.122 e. The molecule has 0 unspecified atom stereocenters. The van der Waals surface area contributed by atoms with Gasteiger partial charge in [0.25, 0.3) is 0 Å². The molecule has 2 N–H and O–H groups in total. The van der Waals surface area contributed by atoms with E-state index < -0.39 is 0 Å². The average Bonchev–Trinajstić information content (AvgIpc) is 3.36. The van der Waals surface area contributed by atoms with Crippen molar-refractivity contribution >= 4 is 0 Å². The maximum atomic E-state index is 10.5. The first-order valence-corrected chi connectivity index (χ1v) is 8.93. The first-order chi connectivity index (χ1) is 10.4. The Morgan fingerprint density at radius 3 is 1.59 bits per heavy atom. The molecule has 2 heteroatoms. The lowest BCUT2D eigenvalue weighted by atomic mass is 9.94. The highest BCUT2D eigenvalue weighted by Gasteiger charge is 2.36. The van der Waals surface area contributed by atoms with Crippen molar-refractivity contribution < 1.29 is 10.2 Å². The molecule has 2 saturated carbocycles. The van der Waals surface area contributed by atoms with E-state index in [1.165, 1.54) is 38.5 Å². The van der Waals surface area contributed by atoms with Crippen molar-refractivity contribution in [3.05, 3.63) is 23.3 Å². The molecule has 0 aliphatic heterocycles. The van der Waals surface area contributed by atoms with Crippen molar-refractivity contribution in [1.29, 1.82) is 0 Å². The van der Waals surface area contributed by atoms with Crippen molar-refractivity contribution in [3.8, 4) is 11.5 Å². The van der Waals surface area contributed by atoms with Gasteiger partial charge in [0.15, 0.2) is 0 Å². The summed E-state index contributed by atoms with van der Waals surface area (Å²) < 4.78 is 0. The van der Waals surface area contributed by atoms with Crippen molar-refractivity contribution in [2.75, 3.05) is 0 Å². The lowest BCUT2D eigenvalue weighted by Crippen LogP contribution is -1.98. The number of rotatable bonds is 8. The highest BCUT2D eigenvalue weighted by molar-refractivity contribution is 5.46. The van der Waals surface area contributed by atoms with Gasteiger partial charge in [0.1, 0.15) is 11.5 Å². The molecule has 2 fully saturated rings. The summed E-state index contributed by atoms with van der Waals surface area (Å²) in [6, 6.07) is 3.49. The van der Waals surface area contributed by atoms with Gasteiger partial charge in [-0.25, -0.2) is 0 Å². The van der Waals surface area contributed by atoms with Crippen molar-refractivity contribution in [2.45, 2.75) is 78.1 Å². The summed E-state index contributed by atoms with van der Waals surface area (Å²) in [5, 5.41) is 20.4. The number of phenols is 2. The van der Waals surface area contributed by atoms with Crippen LogP contribution in [0.3, 0.4) is 0 Å². The zero-order valence-electron chi connectivity index (χ0n) is 14.1. The summed E-state index contributed by atoms with van der Waals surface area (Å²) in [7, 11) is 0. The molecule has 122 valence electrons. The summed E-state index contributed by atoms with van der Waals surface area (Å²) >= 11 is 0. The Kier molecular flexibility index (Phi) is 4.13. The molecule has 2 nitrogen and oxygen atoms in total. The Hall–Kier alpha value is -1.18. The Morgan fingerprint density at radius 1 is 0.818 bits per heavy atom. The summed E-state index contributed by atoms with van der Waals surface area (Å²) in [6.45, 7) is 4.69. The third kappa shape index (κ3) is 3.97. The van der Waals surface area contributed by atoms with Crippen LogP contribution in [0.5, 0.6) is 11.5 Å². The SMILES string of the molecule is CC1(CCCc2cc(O)cc(CCCC3(C)CC3)c2O)CC1. The van der Waals surface area contributed by atoms with Crippen LogP contribution in [0.2, 0.25) is 0 Å². The van der Waals surface area contributed by atoms with Gasteiger partial charge in [-0.15, -0.1) is 0 Å². The monoisotopic (exact) mass is 302 g/mol. The number of aromatic hydroxyl groups is 2. The average molecular weight is 302 g/mol. The lowest BCUT2D eigenvalue weighted by molar-refractivity contribution is 0.436. The Bertz CT molecular complexity index is 494. The topological polar surface area (TPSA) is 40.5 Å². The van der Waals surface area contributed by atoms with E-state index in [0.29, 0.717) is 22.3 Å². The maximum absolute atomic E-state index is 10.5. The van der Waals surface area contributed by atoms with Crippen LogP contribution in [0.4, 0.5) is 0 Å².